The summed E-state index contributed by atoms with van der Waals surface area (Å²) < 4.78 is 0. The number of carbonyl (C=O) groups is 1. The first-order valence-corrected chi connectivity index (χ1v) is 6.50. The third-order valence-corrected chi connectivity index (χ3v) is 3.35. The summed E-state index contributed by atoms with van der Waals surface area (Å²) in [5, 5.41) is 15.7. The number of benzene rings is 1. The maximum Gasteiger partial charge on any atom is 0.241 e. The second kappa shape index (κ2) is 5.87. The Kier molecular flexibility index (Phi) is 4.20. The van der Waals surface area contributed by atoms with Crippen LogP contribution in [-0.2, 0) is 4.79 Å². The Balaban J connectivity index is 1.99. The topological polar surface area (TPSA) is 61.4 Å². The molecule has 1 saturated heterocycles. The maximum atomic E-state index is 12.1. The smallest absolute Gasteiger partial charge is 0.241 e. The molecule has 0 aromatic heterocycles. The molecule has 1 aliphatic heterocycles. The number of anilines is 1. The fourth-order valence-electron chi connectivity index (χ4n) is 2.17. The van der Waals surface area contributed by atoms with E-state index in [1.54, 1.807) is 12.1 Å². The van der Waals surface area contributed by atoms with Crippen molar-refractivity contribution >= 4 is 11.6 Å². The predicted molar refractivity (Wildman–Crippen MR) is 71.7 cm³/mol. The summed E-state index contributed by atoms with van der Waals surface area (Å²) in [5.41, 5.74) is 1.45. The molecule has 1 aromatic carbocycles. The van der Waals surface area contributed by atoms with Gasteiger partial charge in [0, 0.05) is 11.8 Å². The largest absolute Gasteiger partial charge is 0.508 e. The number of aromatic hydroxyl groups is 1. The lowest BCUT2D eigenvalue weighted by Crippen LogP contribution is -2.39. The van der Waals surface area contributed by atoms with Crippen LogP contribution >= 0.6 is 0 Å². The standard InChI is InChI=1S/C14H20N2O2/c1-10-6-7-11(9-13(10)17)16-14(18)12-5-3-2-4-8-15-12/h6-7,9,12,15,17H,2-5,8H2,1H3,(H,16,18). The Bertz CT molecular complexity index is 424. The first kappa shape index (κ1) is 12.9. The van der Waals surface area contributed by atoms with Crippen molar-refractivity contribution in [3.05, 3.63) is 23.8 Å². The van der Waals surface area contributed by atoms with Gasteiger partial charge in [0.25, 0.3) is 0 Å². The van der Waals surface area contributed by atoms with Crippen LogP contribution in [0.25, 0.3) is 0 Å². The lowest BCUT2D eigenvalue weighted by molar-refractivity contribution is -0.118. The molecule has 4 heteroatoms. The minimum absolute atomic E-state index is 0.0137. The quantitative estimate of drug-likeness (QED) is 0.751. The van der Waals surface area contributed by atoms with Gasteiger partial charge in [0.05, 0.1) is 6.04 Å². The monoisotopic (exact) mass is 248 g/mol. The van der Waals surface area contributed by atoms with Crippen LogP contribution in [0.3, 0.4) is 0 Å². The van der Waals surface area contributed by atoms with E-state index in [9.17, 15) is 9.90 Å². The van der Waals surface area contributed by atoms with E-state index in [2.05, 4.69) is 10.6 Å². The summed E-state index contributed by atoms with van der Waals surface area (Å²) in [6.45, 7) is 2.73. The highest BCUT2D eigenvalue weighted by Gasteiger charge is 2.19. The van der Waals surface area contributed by atoms with Crippen LogP contribution in [0.15, 0.2) is 18.2 Å². The van der Waals surface area contributed by atoms with E-state index >= 15 is 0 Å². The van der Waals surface area contributed by atoms with Gasteiger partial charge in [-0.25, -0.2) is 0 Å². The molecule has 0 radical (unpaired) electrons. The first-order valence-electron chi connectivity index (χ1n) is 6.50. The van der Waals surface area contributed by atoms with Crippen molar-refractivity contribution in [1.82, 2.24) is 5.32 Å². The van der Waals surface area contributed by atoms with E-state index in [4.69, 9.17) is 0 Å². The molecular formula is C14H20N2O2. The molecule has 0 aliphatic carbocycles. The Morgan fingerprint density at radius 2 is 2.22 bits per heavy atom. The molecule has 1 atom stereocenters. The number of hydrogen-bond donors (Lipinski definition) is 3. The molecule has 4 nitrogen and oxygen atoms in total. The van der Waals surface area contributed by atoms with Crippen molar-refractivity contribution in [1.29, 1.82) is 0 Å². The lowest BCUT2D eigenvalue weighted by atomic mass is 10.1. The average Bonchev–Trinajstić information content (AvgIpc) is 2.62. The Labute approximate surface area is 107 Å². The summed E-state index contributed by atoms with van der Waals surface area (Å²) in [4.78, 5) is 12.1. The van der Waals surface area contributed by atoms with Crippen LogP contribution in [0.1, 0.15) is 31.2 Å². The molecule has 1 fully saturated rings. The van der Waals surface area contributed by atoms with E-state index in [0.29, 0.717) is 5.69 Å². The Hall–Kier alpha value is -1.55. The van der Waals surface area contributed by atoms with E-state index in [1.165, 1.54) is 6.42 Å². The van der Waals surface area contributed by atoms with Crippen LogP contribution in [0.4, 0.5) is 5.69 Å². The highest BCUT2D eigenvalue weighted by atomic mass is 16.3. The SMILES string of the molecule is Cc1ccc(NC(=O)C2CCCCCN2)cc1O. The molecule has 1 heterocycles. The third kappa shape index (κ3) is 3.23. The molecule has 1 unspecified atom stereocenters. The number of nitrogens with one attached hydrogen (secondary N) is 2. The van der Waals surface area contributed by atoms with Gasteiger partial charge in [-0.05, 0) is 37.9 Å². The molecular weight excluding hydrogens is 228 g/mol. The molecule has 3 N–H and O–H groups in total. The Morgan fingerprint density at radius 3 is 3.00 bits per heavy atom. The lowest BCUT2D eigenvalue weighted by Gasteiger charge is -2.15. The van der Waals surface area contributed by atoms with Gasteiger partial charge >= 0.3 is 0 Å². The number of hydrogen-bond acceptors (Lipinski definition) is 3. The van der Waals surface area contributed by atoms with E-state index in [0.717, 1.165) is 31.4 Å². The summed E-state index contributed by atoms with van der Waals surface area (Å²) in [7, 11) is 0. The highest BCUT2D eigenvalue weighted by molar-refractivity contribution is 5.95. The fraction of sp³-hybridized carbons (Fsp3) is 0.500. The second-order valence-corrected chi connectivity index (χ2v) is 4.85. The predicted octanol–water partition coefficient (Wildman–Crippen LogP) is 2.17. The van der Waals surface area contributed by atoms with E-state index in [1.807, 2.05) is 13.0 Å². The molecule has 18 heavy (non-hydrogen) atoms. The summed E-state index contributed by atoms with van der Waals surface area (Å²) in [6, 6.07) is 5.08. The molecule has 1 amide bonds. The highest BCUT2D eigenvalue weighted by Crippen LogP contribution is 2.21. The van der Waals surface area contributed by atoms with Crippen LogP contribution in [-0.4, -0.2) is 23.6 Å². The molecule has 2 rings (SSSR count). The Morgan fingerprint density at radius 1 is 1.39 bits per heavy atom. The number of aryl methyl sites for hydroxylation is 1. The van der Waals surface area contributed by atoms with E-state index in [-0.39, 0.29) is 17.7 Å². The van der Waals surface area contributed by atoms with Gasteiger partial charge in [0.1, 0.15) is 5.75 Å². The van der Waals surface area contributed by atoms with Crippen molar-refractivity contribution in [2.24, 2.45) is 0 Å². The molecule has 98 valence electrons. The van der Waals surface area contributed by atoms with Crippen LogP contribution in [0, 0.1) is 6.92 Å². The van der Waals surface area contributed by atoms with Gasteiger partial charge in [-0.2, -0.15) is 0 Å². The third-order valence-electron chi connectivity index (χ3n) is 3.35. The van der Waals surface area contributed by atoms with Gasteiger partial charge in [-0.1, -0.05) is 18.9 Å². The number of carbonyl (C=O) groups excluding carboxylic acids is 1. The van der Waals surface area contributed by atoms with Gasteiger partial charge in [0.15, 0.2) is 0 Å². The molecule has 0 bridgehead atoms. The minimum atomic E-state index is -0.115. The van der Waals surface area contributed by atoms with Crippen molar-refractivity contribution in [3.63, 3.8) is 0 Å². The normalized spacial score (nSPS) is 20.2. The number of amides is 1. The minimum Gasteiger partial charge on any atom is -0.508 e. The molecule has 1 aliphatic rings. The average molecular weight is 248 g/mol. The van der Waals surface area contributed by atoms with Crippen molar-refractivity contribution in [2.75, 3.05) is 11.9 Å². The van der Waals surface area contributed by atoms with Gasteiger partial charge in [-0.3, -0.25) is 4.79 Å². The number of phenols is 1. The molecule has 0 spiro atoms. The zero-order valence-electron chi connectivity index (χ0n) is 10.7. The summed E-state index contributed by atoms with van der Waals surface area (Å²) in [6.07, 6.45) is 4.28. The number of phenolic OH excluding ortho intramolecular Hbond substituents is 1. The van der Waals surface area contributed by atoms with Crippen LogP contribution < -0.4 is 10.6 Å². The maximum absolute atomic E-state index is 12.1. The van der Waals surface area contributed by atoms with Gasteiger partial charge < -0.3 is 15.7 Å². The fourth-order valence-corrected chi connectivity index (χ4v) is 2.17. The van der Waals surface area contributed by atoms with E-state index < -0.39 is 0 Å². The summed E-state index contributed by atoms with van der Waals surface area (Å²) in [5.74, 6) is 0.196. The van der Waals surface area contributed by atoms with Crippen molar-refractivity contribution < 1.29 is 9.90 Å². The second-order valence-electron chi connectivity index (χ2n) is 4.85. The first-order chi connectivity index (χ1) is 8.66. The van der Waals surface area contributed by atoms with Crippen molar-refractivity contribution in [2.45, 2.75) is 38.6 Å². The van der Waals surface area contributed by atoms with Crippen LogP contribution in [0.2, 0.25) is 0 Å². The zero-order valence-corrected chi connectivity index (χ0v) is 10.7. The van der Waals surface area contributed by atoms with Crippen LogP contribution in [0.5, 0.6) is 5.75 Å². The zero-order chi connectivity index (χ0) is 13.0. The van der Waals surface area contributed by atoms with Crippen molar-refractivity contribution in [3.8, 4) is 5.75 Å². The molecule has 1 aromatic rings. The van der Waals surface area contributed by atoms with Gasteiger partial charge in [-0.15, -0.1) is 0 Å². The van der Waals surface area contributed by atoms with Gasteiger partial charge in [0.2, 0.25) is 5.91 Å². The molecule has 0 saturated carbocycles. The summed E-state index contributed by atoms with van der Waals surface area (Å²) >= 11 is 0. The number of rotatable bonds is 2.